The minimum atomic E-state index is -0.115. The van der Waals surface area contributed by atoms with Gasteiger partial charge in [-0.05, 0) is 31.0 Å². The summed E-state index contributed by atoms with van der Waals surface area (Å²) in [4.78, 5) is 30.1. The van der Waals surface area contributed by atoms with Crippen LogP contribution >= 0.6 is 27.7 Å². The minimum Gasteiger partial charge on any atom is -0.383 e. The van der Waals surface area contributed by atoms with Gasteiger partial charge in [-0.3, -0.25) is 14.2 Å². The smallest absolute Gasteiger partial charge is 0.262 e. The van der Waals surface area contributed by atoms with Crippen molar-refractivity contribution >= 4 is 44.5 Å². The van der Waals surface area contributed by atoms with Gasteiger partial charge in [-0.2, -0.15) is 0 Å². The highest BCUT2D eigenvalue weighted by atomic mass is 79.9. The van der Waals surface area contributed by atoms with E-state index < -0.39 is 0 Å². The molecule has 1 amide bonds. The van der Waals surface area contributed by atoms with E-state index in [1.165, 1.54) is 43.9 Å². The van der Waals surface area contributed by atoms with Crippen molar-refractivity contribution in [3.05, 3.63) is 33.0 Å². The van der Waals surface area contributed by atoms with Crippen LogP contribution < -0.4 is 10.9 Å². The summed E-state index contributed by atoms with van der Waals surface area (Å²) in [6.45, 7) is 0.806. The summed E-state index contributed by atoms with van der Waals surface area (Å²) >= 11 is 4.72. The molecule has 6 nitrogen and oxygen atoms in total. The Labute approximate surface area is 183 Å². The summed E-state index contributed by atoms with van der Waals surface area (Å²) in [6, 6.07) is 5.73. The number of hydrogen-bond donors (Lipinski definition) is 1. The van der Waals surface area contributed by atoms with Crippen molar-refractivity contribution in [2.24, 2.45) is 0 Å². The van der Waals surface area contributed by atoms with E-state index in [0.717, 1.165) is 17.3 Å². The van der Waals surface area contributed by atoms with Gasteiger partial charge in [-0.1, -0.05) is 59.8 Å². The molecule has 1 aromatic heterocycles. The molecule has 29 heavy (non-hydrogen) atoms. The van der Waals surface area contributed by atoms with Gasteiger partial charge in [-0.15, -0.1) is 0 Å². The van der Waals surface area contributed by atoms with E-state index in [1.807, 2.05) is 12.1 Å². The first-order chi connectivity index (χ1) is 14.1. The lowest BCUT2D eigenvalue weighted by Gasteiger charge is -2.21. The molecule has 0 atom stereocenters. The minimum absolute atomic E-state index is 0.00372. The average molecular weight is 482 g/mol. The third-order valence-corrected chi connectivity index (χ3v) is 6.67. The molecule has 1 aliphatic carbocycles. The zero-order valence-corrected chi connectivity index (χ0v) is 19.2. The van der Waals surface area contributed by atoms with Crippen LogP contribution in [0.2, 0.25) is 0 Å². The Hall–Kier alpha value is -1.38. The molecular formula is C21H28BrN3O3S. The molecular weight excluding hydrogens is 454 g/mol. The number of amides is 1. The van der Waals surface area contributed by atoms with Gasteiger partial charge in [0, 0.05) is 17.6 Å². The molecule has 0 unspecified atom stereocenters. The number of hydrogen-bond acceptors (Lipinski definition) is 5. The van der Waals surface area contributed by atoms with Gasteiger partial charge in [0.05, 0.1) is 29.8 Å². The van der Waals surface area contributed by atoms with Crippen LogP contribution in [0.5, 0.6) is 0 Å². The monoisotopic (exact) mass is 481 g/mol. The number of ether oxygens (including phenoxy) is 1. The number of rotatable bonds is 7. The topological polar surface area (TPSA) is 73.2 Å². The van der Waals surface area contributed by atoms with Crippen molar-refractivity contribution in [1.82, 2.24) is 14.9 Å². The van der Waals surface area contributed by atoms with E-state index >= 15 is 0 Å². The van der Waals surface area contributed by atoms with E-state index in [0.29, 0.717) is 29.2 Å². The van der Waals surface area contributed by atoms with Gasteiger partial charge in [-0.25, -0.2) is 4.98 Å². The normalized spacial score (nSPS) is 15.8. The molecule has 158 valence electrons. The SMILES string of the molecule is COCCn1c(SCC(=O)NC2CCCCCCC2)nc2ccc(Br)cc2c1=O. The van der Waals surface area contributed by atoms with Crippen LogP contribution in [0.25, 0.3) is 10.9 Å². The van der Waals surface area contributed by atoms with Crippen molar-refractivity contribution in [1.29, 1.82) is 0 Å². The van der Waals surface area contributed by atoms with Crippen LogP contribution in [0, 0.1) is 0 Å². The molecule has 1 saturated carbocycles. The average Bonchev–Trinajstić information content (AvgIpc) is 2.68. The number of aromatic nitrogens is 2. The molecule has 0 spiro atoms. The van der Waals surface area contributed by atoms with Crippen LogP contribution in [0.1, 0.15) is 44.9 Å². The van der Waals surface area contributed by atoms with Crippen molar-refractivity contribution in [3.63, 3.8) is 0 Å². The lowest BCUT2D eigenvalue weighted by Crippen LogP contribution is -2.36. The molecule has 0 radical (unpaired) electrons. The number of fused-ring (bicyclic) bond motifs is 1. The predicted octanol–water partition coefficient (Wildman–Crippen LogP) is 4.13. The van der Waals surface area contributed by atoms with Gasteiger partial charge in [0.25, 0.3) is 5.56 Å². The highest BCUT2D eigenvalue weighted by Crippen LogP contribution is 2.21. The van der Waals surface area contributed by atoms with Crippen molar-refractivity contribution in [3.8, 4) is 0 Å². The molecule has 1 heterocycles. The molecule has 0 bridgehead atoms. The Bertz CT molecular complexity index is 895. The van der Waals surface area contributed by atoms with Gasteiger partial charge in [0.2, 0.25) is 5.91 Å². The van der Waals surface area contributed by atoms with Crippen molar-refractivity contribution < 1.29 is 9.53 Å². The lowest BCUT2D eigenvalue weighted by molar-refractivity contribution is -0.119. The number of carbonyl (C=O) groups is 1. The van der Waals surface area contributed by atoms with E-state index in [4.69, 9.17) is 4.74 Å². The molecule has 1 aromatic carbocycles. The molecule has 1 fully saturated rings. The third kappa shape index (κ3) is 6.30. The standard InChI is InChI=1S/C21H28BrN3O3S/c1-28-12-11-25-20(27)17-13-15(22)9-10-18(17)24-21(25)29-14-19(26)23-16-7-5-3-2-4-6-8-16/h9-10,13,16H,2-8,11-12,14H2,1H3,(H,23,26). The Morgan fingerprint density at radius 3 is 2.72 bits per heavy atom. The van der Waals surface area contributed by atoms with Crippen molar-refractivity contribution in [2.75, 3.05) is 19.5 Å². The number of nitrogens with one attached hydrogen (secondary N) is 1. The second-order valence-electron chi connectivity index (χ2n) is 7.40. The quantitative estimate of drug-likeness (QED) is 0.475. The lowest BCUT2D eigenvalue weighted by atomic mass is 9.97. The highest BCUT2D eigenvalue weighted by Gasteiger charge is 2.17. The van der Waals surface area contributed by atoms with E-state index in [-0.39, 0.29) is 23.3 Å². The van der Waals surface area contributed by atoms with Crippen molar-refractivity contribution in [2.45, 2.75) is 62.7 Å². The first-order valence-electron chi connectivity index (χ1n) is 10.2. The fourth-order valence-electron chi connectivity index (χ4n) is 3.66. The molecule has 0 saturated heterocycles. The summed E-state index contributed by atoms with van der Waals surface area (Å²) in [6.07, 6.45) is 8.27. The number of nitrogens with zero attached hydrogens (tertiary/aromatic N) is 2. The zero-order chi connectivity index (χ0) is 20.6. The van der Waals surface area contributed by atoms with E-state index in [1.54, 1.807) is 17.7 Å². The van der Waals surface area contributed by atoms with Crippen LogP contribution in [0.15, 0.2) is 32.6 Å². The number of thioether (sulfide) groups is 1. The first-order valence-corrected chi connectivity index (χ1v) is 12.0. The number of methoxy groups -OCH3 is 1. The number of carbonyl (C=O) groups excluding carboxylic acids is 1. The highest BCUT2D eigenvalue weighted by molar-refractivity contribution is 9.10. The summed E-state index contributed by atoms with van der Waals surface area (Å²) in [5.74, 6) is 0.252. The molecule has 0 aliphatic heterocycles. The third-order valence-electron chi connectivity index (χ3n) is 5.20. The van der Waals surface area contributed by atoms with E-state index in [9.17, 15) is 9.59 Å². The zero-order valence-electron chi connectivity index (χ0n) is 16.8. The second kappa shape index (κ2) is 11.1. The van der Waals surface area contributed by atoms with Gasteiger partial charge in [0.1, 0.15) is 0 Å². The number of halogens is 1. The van der Waals surface area contributed by atoms with Crippen LogP contribution in [-0.4, -0.2) is 41.0 Å². The maximum atomic E-state index is 13.0. The van der Waals surface area contributed by atoms with Gasteiger partial charge in [0.15, 0.2) is 5.16 Å². The molecule has 1 aliphatic rings. The summed E-state index contributed by atoms with van der Waals surface area (Å²) in [5, 5.41) is 4.28. The molecule has 3 rings (SSSR count). The number of benzene rings is 1. The Morgan fingerprint density at radius 2 is 2.00 bits per heavy atom. The Kier molecular flexibility index (Phi) is 8.56. The summed E-state index contributed by atoms with van der Waals surface area (Å²) < 4.78 is 7.59. The van der Waals surface area contributed by atoms with Crippen LogP contribution in [0.4, 0.5) is 0 Å². The van der Waals surface area contributed by atoms with E-state index in [2.05, 4.69) is 26.2 Å². The summed E-state index contributed by atoms with van der Waals surface area (Å²) in [5.41, 5.74) is 0.520. The molecule has 8 heteroatoms. The van der Waals surface area contributed by atoms with Gasteiger partial charge < -0.3 is 10.1 Å². The molecule has 1 N–H and O–H groups in total. The van der Waals surface area contributed by atoms with Crippen LogP contribution in [0.3, 0.4) is 0 Å². The fourth-order valence-corrected chi connectivity index (χ4v) is 4.86. The maximum Gasteiger partial charge on any atom is 0.262 e. The Balaban J connectivity index is 1.73. The maximum absolute atomic E-state index is 13.0. The fraction of sp³-hybridized carbons (Fsp3) is 0.571. The largest absolute Gasteiger partial charge is 0.383 e. The van der Waals surface area contributed by atoms with Gasteiger partial charge >= 0.3 is 0 Å². The predicted molar refractivity (Wildman–Crippen MR) is 121 cm³/mol. The molecule has 2 aromatic rings. The Morgan fingerprint density at radius 1 is 1.28 bits per heavy atom. The van der Waals surface area contributed by atoms with Crippen LogP contribution in [-0.2, 0) is 16.1 Å². The first kappa shape index (κ1) is 22.3. The second-order valence-corrected chi connectivity index (χ2v) is 9.26. The summed E-state index contributed by atoms with van der Waals surface area (Å²) in [7, 11) is 1.60.